The first-order valence-corrected chi connectivity index (χ1v) is 16.4. The van der Waals surface area contributed by atoms with Gasteiger partial charge < -0.3 is 14.2 Å². The Balaban J connectivity index is 1.48. The van der Waals surface area contributed by atoms with Crippen molar-refractivity contribution in [1.82, 2.24) is 0 Å². The van der Waals surface area contributed by atoms with Gasteiger partial charge in [-0.2, -0.15) is 13.2 Å². The van der Waals surface area contributed by atoms with Crippen LogP contribution in [0.15, 0.2) is 79.4 Å². The van der Waals surface area contributed by atoms with E-state index >= 15 is 0 Å². The Morgan fingerprint density at radius 2 is 1.28 bits per heavy atom. The van der Waals surface area contributed by atoms with Gasteiger partial charge in [0.15, 0.2) is 6.10 Å². The first kappa shape index (κ1) is 37.3. The Kier molecular flexibility index (Phi) is 15.5. The fraction of sp³-hybridized carbons (Fsp3) is 0.421. The van der Waals surface area contributed by atoms with Crippen LogP contribution in [0.2, 0.25) is 0 Å². The van der Waals surface area contributed by atoms with E-state index < -0.39 is 42.0 Å². The quantitative estimate of drug-likeness (QED) is 0.0398. The normalized spacial score (nSPS) is 11.9. The Morgan fingerprint density at radius 3 is 1.81 bits per heavy atom. The molecule has 0 heterocycles. The van der Waals surface area contributed by atoms with Gasteiger partial charge in [-0.3, -0.25) is 0 Å². The SMILES string of the molecule is C=CCOc1ccc(-c2ccc(C(=O)Oc3ccc(C(=O)OC(CCCCCCCCCCCCC)C(F)(F)F)c(F)c3)cc2)cc1. The maximum Gasteiger partial charge on any atom is 0.425 e. The summed E-state index contributed by atoms with van der Waals surface area (Å²) < 4.78 is 71.0. The molecule has 0 aliphatic rings. The van der Waals surface area contributed by atoms with E-state index in [0.717, 1.165) is 55.0 Å². The molecule has 0 bridgehead atoms. The number of unbranched alkanes of at least 4 members (excludes halogenated alkanes) is 10. The number of alkyl halides is 3. The molecule has 5 nitrogen and oxygen atoms in total. The van der Waals surface area contributed by atoms with Gasteiger partial charge in [-0.1, -0.05) is 108 Å². The number of carbonyl (C=O) groups excluding carboxylic acids is 2. The second-order valence-corrected chi connectivity index (χ2v) is 11.5. The second-order valence-electron chi connectivity index (χ2n) is 11.5. The summed E-state index contributed by atoms with van der Waals surface area (Å²) in [4.78, 5) is 25.2. The Hall–Kier alpha value is -4.14. The molecule has 0 radical (unpaired) electrons. The molecule has 3 rings (SSSR count). The van der Waals surface area contributed by atoms with E-state index in [0.29, 0.717) is 18.8 Å². The Labute approximate surface area is 274 Å². The van der Waals surface area contributed by atoms with Crippen molar-refractivity contribution in [2.24, 2.45) is 0 Å². The fourth-order valence-electron chi connectivity index (χ4n) is 5.06. The summed E-state index contributed by atoms with van der Waals surface area (Å²) in [7, 11) is 0. The first-order valence-electron chi connectivity index (χ1n) is 16.4. The minimum Gasteiger partial charge on any atom is -0.490 e. The molecule has 47 heavy (non-hydrogen) atoms. The van der Waals surface area contributed by atoms with E-state index in [4.69, 9.17) is 14.2 Å². The molecule has 9 heteroatoms. The zero-order valence-corrected chi connectivity index (χ0v) is 27.0. The number of hydrogen-bond acceptors (Lipinski definition) is 5. The molecule has 0 fully saturated rings. The second kappa shape index (κ2) is 19.5. The minimum absolute atomic E-state index is 0.194. The summed E-state index contributed by atoms with van der Waals surface area (Å²) in [5.41, 5.74) is 1.25. The summed E-state index contributed by atoms with van der Waals surface area (Å²) in [5, 5.41) is 0. The van der Waals surface area contributed by atoms with E-state index in [-0.39, 0.29) is 17.7 Å². The largest absolute Gasteiger partial charge is 0.490 e. The average molecular weight is 657 g/mol. The monoisotopic (exact) mass is 656 g/mol. The molecule has 0 aromatic heterocycles. The first-order chi connectivity index (χ1) is 22.6. The van der Waals surface area contributed by atoms with Crippen molar-refractivity contribution in [3.05, 3.63) is 96.3 Å². The molecular weight excluding hydrogens is 612 g/mol. The highest BCUT2D eigenvalue weighted by Gasteiger charge is 2.42. The lowest BCUT2D eigenvalue weighted by atomic mass is 10.0. The number of benzene rings is 3. The van der Waals surface area contributed by atoms with E-state index in [9.17, 15) is 27.2 Å². The molecular formula is C38H44F4O5. The maximum absolute atomic E-state index is 14.8. The highest BCUT2D eigenvalue weighted by Crippen LogP contribution is 2.29. The van der Waals surface area contributed by atoms with Crippen LogP contribution >= 0.6 is 0 Å². The van der Waals surface area contributed by atoms with Crippen molar-refractivity contribution >= 4 is 11.9 Å². The van der Waals surface area contributed by atoms with Gasteiger partial charge in [-0.05, 0) is 60.4 Å². The van der Waals surface area contributed by atoms with Gasteiger partial charge in [-0.15, -0.1) is 0 Å². The molecule has 0 saturated carbocycles. The van der Waals surface area contributed by atoms with Crippen LogP contribution in [-0.2, 0) is 4.74 Å². The molecule has 254 valence electrons. The topological polar surface area (TPSA) is 61.8 Å². The van der Waals surface area contributed by atoms with Crippen LogP contribution in [0.4, 0.5) is 17.6 Å². The van der Waals surface area contributed by atoms with Crippen molar-refractivity contribution in [3.8, 4) is 22.6 Å². The van der Waals surface area contributed by atoms with Crippen LogP contribution in [0.1, 0.15) is 105 Å². The number of carbonyl (C=O) groups is 2. The van der Waals surface area contributed by atoms with Gasteiger partial charge in [0.1, 0.15) is 23.9 Å². The number of halogens is 4. The third-order valence-corrected chi connectivity index (χ3v) is 7.73. The van der Waals surface area contributed by atoms with E-state index in [2.05, 4.69) is 13.5 Å². The van der Waals surface area contributed by atoms with Crippen LogP contribution in [0.25, 0.3) is 11.1 Å². The van der Waals surface area contributed by atoms with Crippen LogP contribution < -0.4 is 9.47 Å². The summed E-state index contributed by atoms with van der Waals surface area (Å²) in [6.45, 7) is 6.18. The standard InChI is InChI=1S/C38H44F4O5/c1-3-5-6-7-8-9-10-11-12-13-14-15-35(38(40,41)42)47-37(44)33-25-24-32(27-34(33)39)46-36(43)30-18-16-28(17-19-30)29-20-22-31(23-21-29)45-26-4-2/h4,16-25,27,35H,2-3,5-15,26H2,1H3. The van der Waals surface area contributed by atoms with Crippen LogP contribution in [0.5, 0.6) is 11.5 Å². The van der Waals surface area contributed by atoms with Gasteiger partial charge in [0.25, 0.3) is 0 Å². The highest BCUT2D eigenvalue weighted by molar-refractivity contribution is 5.92. The molecule has 1 atom stereocenters. The predicted molar refractivity (Wildman–Crippen MR) is 175 cm³/mol. The zero-order chi connectivity index (χ0) is 34.1. The van der Waals surface area contributed by atoms with Gasteiger partial charge in [0.2, 0.25) is 0 Å². The summed E-state index contributed by atoms with van der Waals surface area (Å²) in [5.74, 6) is -2.88. The molecule has 3 aromatic rings. The number of ether oxygens (including phenoxy) is 3. The number of hydrogen-bond donors (Lipinski definition) is 0. The van der Waals surface area contributed by atoms with Crippen LogP contribution in [0.3, 0.4) is 0 Å². The predicted octanol–water partition coefficient (Wildman–Crippen LogP) is 11.1. The van der Waals surface area contributed by atoms with Crippen LogP contribution in [-0.4, -0.2) is 30.8 Å². The lowest BCUT2D eigenvalue weighted by molar-refractivity contribution is -0.206. The minimum atomic E-state index is -4.78. The van der Waals surface area contributed by atoms with E-state index in [1.165, 1.54) is 32.1 Å². The fourth-order valence-corrected chi connectivity index (χ4v) is 5.06. The molecule has 0 amide bonds. The molecule has 0 aliphatic carbocycles. The molecule has 0 saturated heterocycles. The van der Waals surface area contributed by atoms with Gasteiger partial charge in [0, 0.05) is 6.07 Å². The maximum atomic E-state index is 14.8. The number of esters is 2. The van der Waals surface area contributed by atoms with Gasteiger partial charge >= 0.3 is 18.1 Å². The molecule has 3 aromatic carbocycles. The average Bonchev–Trinajstić information content (AvgIpc) is 3.05. The van der Waals surface area contributed by atoms with E-state index in [1.807, 2.05) is 24.3 Å². The lowest BCUT2D eigenvalue weighted by Gasteiger charge is -2.21. The highest BCUT2D eigenvalue weighted by atomic mass is 19.4. The smallest absolute Gasteiger partial charge is 0.425 e. The third-order valence-electron chi connectivity index (χ3n) is 7.73. The Bertz CT molecular complexity index is 1400. The summed E-state index contributed by atoms with van der Waals surface area (Å²) >= 11 is 0. The van der Waals surface area contributed by atoms with Crippen LogP contribution in [0, 0.1) is 5.82 Å². The molecule has 0 spiro atoms. The van der Waals surface area contributed by atoms with Crippen molar-refractivity contribution in [1.29, 1.82) is 0 Å². The van der Waals surface area contributed by atoms with Gasteiger partial charge in [-0.25, -0.2) is 14.0 Å². The summed E-state index contributed by atoms with van der Waals surface area (Å²) in [6, 6.07) is 16.8. The molecule has 1 unspecified atom stereocenters. The van der Waals surface area contributed by atoms with Gasteiger partial charge in [0.05, 0.1) is 11.1 Å². The van der Waals surface area contributed by atoms with Crippen molar-refractivity contribution in [2.75, 3.05) is 6.61 Å². The molecule has 0 N–H and O–H groups in total. The van der Waals surface area contributed by atoms with Crippen molar-refractivity contribution in [3.63, 3.8) is 0 Å². The van der Waals surface area contributed by atoms with Crippen molar-refractivity contribution in [2.45, 2.75) is 96.3 Å². The van der Waals surface area contributed by atoms with E-state index in [1.54, 1.807) is 30.3 Å². The third kappa shape index (κ3) is 12.9. The van der Waals surface area contributed by atoms with Crippen molar-refractivity contribution < 1.29 is 41.4 Å². The number of rotatable bonds is 20. The Morgan fingerprint density at radius 1 is 0.745 bits per heavy atom. The summed E-state index contributed by atoms with van der Waals surface area (Å²) in [6.07, 6.45) is 5.04. The zero-order valence-electron chi connectivity index (χ0n) is 27.0. The lowest BCUT2D eigenvalue weighted by Crippen LogP contribution is -2.34. The molecule has 0 aliphatic heterocycles.